The number of aromatic nitrogens is 1. The van der Waals surface area contributed by atoms with Crippen LogP contribution in [0.25, 0.3) is 0 Å². The molecule has 3 amide bonds. The Labute approximate surface area is 181 Å². The van der Waals surface area contributed by atoms with Crippen molar-refractivity contribution in [3.8, 4) is 0 Å². The summed E-state index contributed by atoms with van der Waals surface area (Å²) in [6.45, 7) is 12.3. The number of thiazole rings is 1. The summed E-state index contributed by atoms with van der Waals surface area (Å²) in [5, 5.41) is 8.42. The van der Waals surface area contributed by atoms with Gasteiger partial charge in [-0.2, -0.15) is 0 Å². The number of alkyl carbamates (subject to hydrolysis) is 1. The van der Waals surface area contributed by atoms with Gasteiger partial charge in [-0.25, -0.2) is 9.78 Å². The van der Waals surface area contributed by atoms with E-state index in [4.69, 9.17) is 4.74 Å². The topological polar surface area (TPSA) is 113 Å². The SMILES string of the molecule is CN1CCc2nc(C(=O)NC(CNC(=O)OC(C)(C)C)C(=O)NC(C)(C)C)sc2C1. The van der Waals surface area contributed by atoms with E-state index in [1.807, 2.05) is 27.8 Å². The summed E-state index contributed by atoms with van der Waals surface area (Å²) >= 11 is 1.34. The Hall–Kier alpha value is -2.20. The highest BCUT2D eigenvalue weighted by atomic mass is 32.1. The fourth-order valence-corrected chi connectivity index (χ4v) is 3.90. The third-order valence-corrected chi connectivity index (χ3v) is 5.17. The molecule has 3 N–H and O–H groups in total. The minimum absolute atomic E-state index is 0.101. The molecule has 1 aromatic rings. The predicted molar refractivity (Wildman–Crippen MR) is 116 cm³/mol. The summed E-state index contributed by atoms with van der Waals surface area (Å²) < 4.78 is 5.21. The summed E-state index contributed by atoms with van der Waals surface area (Å²) in [5.41, 5.74) is -0.216. The van der Waals surface area contributed by atoms with Crippen molar-refractivity contribution in [1.82, 2.24) is 25.8 Å². The van der Waals surface area contributed by atoms with Gasteiger partial charge in [0.2, 0.25) is 5.91 Å². The van der Waals surface area contributed by atoms with Crippen LogP contribution < -0.4 is 16.0 Å². The van der Waals surface area contributed by atoms with E-state index in [1.165, 1.54) is 11.3 Å². The van der Waals surface area contributed by atoms with Gasteiger partial charge in [-0.15, -0.1) is 11.3 Å². The molecule has 2 rings (SSSR count). The second-order valence-electron chi connectivity index (χ2n) is 9.52. The first kappa shape index (κ1) is 24.1. The number of hydrogen-bond donors (Lipinski definition) is 3. The van der Waals surface area contributed by atoms with Crippen LogP contribution in [-0.2, 0) is 22.5 Å². The van der Waals surface area contributed by atoms with Crippen LogP contribution in [0.2, 0.25) is 0 Å². The van der Waals surface area contributed by atoms with Crippen LogP contribution in [0.15, 0.2) is 0 Å². The number of hydrogen-bond acceptors (Lipinski definition) is 7. The van der Waals surface area contributed by atoms with E-state index in [0.717, 1.165) is 30.1 Å². The van der Waals surface area contributed by atoms with E-state index in [2.05, 4.69) is 25.8 Å². The first-order chi connectivity index (χ1) is 13.7. The van der Waals surface area contributed by atoms with Crippen LogP contribution in [0.5, 0.6) is 0 Å². The Morgan fingerprint density at radius 3 is 2.47 bits per heavy atom. The second kappa shape index (κ2) is 9.30. The zero-order valence-corrected chi connectivity index (χ0v) is 19.7. The highest BCUT2D eigenvalue weighted by Gasteiger charge is 2.28. The van der Waals surface area contributed by atoms with Crippen LogP contribution in [0, 0.1) is 0 Å². The summed E-state index contributed by atoms with van der Waals surface area (Å²) in [6.07, 6.45) is 0.141. The zero-order chi connectivity index (χ0) is 22.7. The van der Waals surface area contributed by atoms with Gasteiger partial charge in [0.25, 0.3) is 5.91 Å². The van der Waals surface area contributed by atoms with Gasteiger partial charge in [0.15, 0.2) is 5.01 Å². The Morgan fingerprint density at radius 2 is 1.87 bits per heavy atom. The van der Waals surface area contributed by atoms with Crippen LogP contribution >= 0.6 is 11.3 Å². The number of likely N-dealkylation sites (N-methyl/N-ethyl adjacent to an activating group) is 1. The van der Waals surface area contributed by atoms with Crippen molar-refractivity contribution in [2.24, 2.45) is 0 Å². The molecule has 0 spiro atoms. The molecule has 0 saturated carbocycles. The molecular formula is C20H33N5O4S. The number of rotatable bonds is 5. The highest BCUT2D eigenvalue weighted by Crippen LogP contribution is 2.24. The molecule has 2 heterocycles. The summed E-state index contributed by atoms with van der Waals surface area (Å²) in [4.78, 5) is 45.2. The highest BCUT2D eigenvalue weighted by molar-refractivity contribution is 7.13. The molecule has 0 fully saturated rings. The number of fused-ring (bicyclic) bond motifs is 1. The van der Waals surface area contributed by atoms with Crippen molar-refractivity contribution >= 4 is 29.2 Å². The zero-order valence-electron chi connectivity index (χ0n) is 18.8. The maximum atomic E-state index is 12.8. The quantitative estimate of drug-likeness (QED) is 0.643. The minimum Gasteiger partial charge on any atom is -0.444 e. The maximum absolute atomic E-state index is 12.8. The third kappa shape index (κ3) is 7.56. The van der Waals surface area contributed by atoms with Gasteiger partial charge >= 0.3 is 6.09 Å². The maximum Gasteiger partial charge on any atom is 0.407 e. The monoisotopic (exact) mass is 439 g/mol. The normalized spacial score (nSPS) is 15.7. The molecule has 1 atom stereocenters. The molecule has 1 aliphatic rings. The lowest BCUT2D eigenvalue weighted by Crippen LogP contribution is -2.56. The molecule has 0 aliphatic carbocycles. The molecule has 1 aliphatic heterocycles. The van der Waals surface area contributed by atoms with Gasteiger partial charge in [0.05, 0.1) is 12.2 Å². The average Bonchev–Trinajstić information content (AvgIpc) is 2.98. The average molecular weight is 440 g/mol. The second-order valence-corrected chi connectivity index (χ2v) is 10.6. The fourth-order valence-electron chi connectivity index (χ4n) is 2.81. The fraction of sp³-hybridized carbons (Fsp3) is 0.700. The number of carbonyl (C=O) groups excluding carboxylic acids is 3. The Morgan fingerprint density at radius 1 is 1.20 bits per heavy atom. The number of nitrogens with one attached hydrogen (secondary N) is 3. The van der Waals surface area contributed by atoms with Crippen molar-refractivity contribution in [3.63, 3.8) is 0 Å². The predicted octanol–water partition coefficient (Wildman–Crippen LogP) is 1.67. The largest absolute Gasteiger partial charge is 0.444 e. The lowest BCUT2D eigenvalue weighted by atomic mass is 10.1. The van der Waals surface area contributed by atoms with E-state index in [-0.39, 0.29) is 6.54 Å². The van der Waals surface area contributed by atoms with Gasteiger partial charge in [-0.3, -0.25) is 9.59 Å². The molecule has 10 heteroatoms. The van der Waals surface area contributed by atoms with Crippen LogP contribution in [0.4, 0.5) is 4.79 Å². The smallest absolute Gasteiger partial charge is 0.407 e. The van der Waals surface area contributed by atoms with Crippen molar-refractivity contribution in [2.75, 3.05) is 20.1 Å². The number of carbonyl (C=O) groups is 3. The molecule has 0 radical (unpaired) electrons. The third-order valence-electron chi connectivity index (χ3n) is 4.09. The van der Waals surface area contributed by atoms with Crippen molar-refractivity contribution in [2.45, 2.75) is 71.7 Å². The lowest BCUT2D eigenvalue weighted by Gasteiger charge is -2.26. The van der Waals surface area contributed by atoms with E-state index in [9.17, 15) is 14.4 Å². The Balaban J connectivity index is 2.09. The van der Waals surface area contributed by atoms with Crippen molar-refractivity contribution in [3.05, 3.63) is 15.6 Å². The van der Waals surface area contributed by atoms with Crippen LogP contribution in [0.1, 0.15) is 61.9 Å². The molecular weight excluding hydrogens is 406 g/mol. The number of ether oxygens (including phenoxy) is 1. The Kier molecular flexibility index (Phi) is 7.46. The molecule has 1 aromatic heterocycles. The van der Waals surface area contributed by atoms with Gasteiger partial charge in [-0.05, 0) is 48.6 Å². The minimum atomic E-state index is -0.965. The molecule has 0 aromatic carbocycles. The summed E-state index contributed by atoms with van der Waals surface area (Å²) in [5.74, 6) is -0.829. The molecule has 168 valence electrons. The Bertz CT molecular complexity index is 794. The van der Waals surface area contributed by atoms with Gasteiger partial charge in [0, 0.05) is 29.9 Å². The standard InChI is InChI=1S/C20H33N5O4S/c1-19(2,3)24-15(26)13(10-21-18(28)29-20(4,5)6)22-16(27)17-23-12-8-9-25(7)11-14(12)30-17/h13H,8-11H2,1-7H3,(H,21,28)(H,22,27)(H,24,26). The lowest BCUT2D eigenvalue weighted by molar-refractivity contribution is -0.124. The van der Waals surface area contributed by atoms with Crippen LogP contribution in [0.3, 0.4) is 0 Å². The molecule has 30 heavy (non-hydrogen) atoms. The van der Waals surface area contributed by atoms with E-state index < -0.39 is 35.1 Å². The molecule has 9 nitrogen and oxygen atoms in total. The van der Waals surface area contributed by atoms with Gasteiger partial charge < -0.3 is 25.6 Å². The van der Waals surface area contributed by atoms with E-state index in [1.54, 1.807) is 20.8 Å². The molecule has 1 unspecified atom stereocenters. The van der Waals surface area contributed by atoms with Crippen molar-refractivity contribution in [1.29, 1.82) is 0 Å². The number of amides is 3. The van der Waals surface area contributed by atoms with Gasteiger partial charge in [0.1, 0.15) is 11.6 Å². The van der Waals surface area contributed by atoms with Crippen LogP contribution in [-0.4, -0.2) is 65.1 Å². The first-order valence-electron chi connectivity index (χ1n) is 10.0. The first-order valence-corrected chi connectivity index (χ1v) is 10.8. The van der Waals surface area contributed by atoms with Crippen molar-refractivity contribution < 1.29 is 19.1 Å². The van der Waals surface area contributed by atoms with E-state index in [0.29, 0.717) is 5.01 Å². The summed E-state index contributed by atoms with van der Waals surface area (Å²) in [7, 11) is 2.03. The molecule has 0 bridgehead atoms. The summed E-state index contributed by atoms with van der Waals surface area (Å²) in [6, 6.07) is -0.965. The van der Waals surface area contributed by atoms with Gasteiger partial charge in [-0.1, -0.05) is 0 Å². The number of nitrogens with zero attached hydrogens (tertiary/aromatic N) is 2. The molecule has 0 saturated heterocycles. The van der Waals surface area contributed by atoms with E-state index >= 15 is 0 Å².